The van der Waals surface area contributed by atoms with E-state index in [-0.39, 0.29) is 24.4 Å². The van der Waals surface area contributed by atoms with Crippen LogP contribution in [0.3, 0.4) is 0 Å². The Hall–Kier alpha value is -2.24. The third kappa shape index (κ3) is 2.21. The van der Waals surface area contributed by atoms with Crippen LogP contribution < -0.4 is 4.90 Å². The molecule has 0 atom stereocenters. The first-order chi connectivity index (χ1) is 8.95. The molecule has 19 heavy (non-hydrogen) atoms. The van der Waals surface area contributed by atoms with E-state index in [2.05, 4.69) is 0 Å². The number of ketones is 1. The highest BCUT2D eigenvalue weighted by molar-refractivity contribution is 6.52. The lowest BCUT2D eigenvalue weighted by molar-refractivity contribution is -0.142. The van der Waals surface area contributed by atoms with Crippen LogP contribution in [-0.4, -0.2) is 30.8 Å². The normalized spacial score (nSPS) is 13.7. The maximum Gasteiger partial charge on any atom is 0.326 e. The molecule has 0 N–H and O–H groups in total. The number of esters is 1. The lowest BCUT2D eigenvalue weighted by atomic mass is 10.1. The molecule has 2 rings (SSSR count). The summed E-state index contributed by atoms with van der Waals surface area (Å²) in [5.74, 6) is -2.84. The lowest BCUT2D eigenvalue weighted by Gasteiger charge is -2.17. The van der Waals surface area contributed by atoms with Gasteiger partial charge < -0.3 is 4.74 Å². The highest BCUT2D eigenvalue weighted by atomic mass is 19.1. The molecule has 6 heteroatoms. The number of rotatable bonds is 3. The van der Waals surface area contributed by atoms with Gasteiger partial charge in [-0.05, 0) is 31.5 Å². The second-order valence-electron chi connectivity index (χ2n) is 4.14. The van der Waals surface area contributed by atoms with E-state index in [1.807, 2.05) is 0 Å². The zero-order chi connectivity index (χ0) is 14.2. The number of anilines is 1. The smallest absolute Gasteiger partial charge is 0.326 e. The van der Waals surface area contributed by atoms with Crippen molar-refractivity contribution in [3.8, 4) is 0 Å². The Balaban J connectivity index is 2.41. The fourth-order valence-electron chi connectivity index (χ4n) is 2.09. The predicted molar refractivity (Wildman–Crippen MR) is 64.5 cm³/mol. The molecule has 1 aromatic carbocycles. The highest BCUT2D eigenvalue weighted by Crippen LogP contribution is 2.32. The summed E-state index contributed by atoms with van der Waals surface area (Å²) in [7, 11) is 0. The average molecular weight is 265 g/mol. The molecule has 0 saturated heterocycles. The van der Waals surface area contributed by atoms with Gasteiger partial charge in [0.2, 0.25) is 0 Å². The second kappa shape index (κ2) is 4.79. The minimum absolute atomic E-state index is 0.00759. The van der Waals surface area contributed by atoms with Crippen LogP contribution in [0.5, 0.6) is 0 Å². The molecule has 0 aliphatic carbocycles. The Bertz CT molecular complexity index is 582. The standard InChI is InChI=1S/C13H12FNO4/c1-3-19-10(16)6-15-11-7(2)4-8(14)5-9(11)12(17)13(15)18/h4-5H,3,6H2,1-2H3. The van der Waals surface area contributed by atoms with Crippen LogP contribution in [0.25, 0.3) is 0 Å². The summed E-state index contributed by atoms with van der Waals surface area (Å²) in [6.07, 6.45) is 0. The number of amides is 1. The van der Waals surface area contributed by atoms with Crippen molar-refractivity contribution in [3.05, 3.63) is 29.1 Å². The van der Waals surface area contributed by atoms with Gasteiger partial charge in [-0.2, -0.15) is 0 Å². The number of hydrogen-bond acceptors (Lipinski definition) is 4. The van der Waals surface area contributed by atoms with Crippen LogP contribution in [0.15, 0.2) is 12.1 Å². The predicted octanol–water partition coefficient (Wildman–Crippen LogP) is 1.23. The Morgan fingerprint density at radius 2 is 2.05 bits per heavy atom. The van der Waals surface area contributed by atoms with Gasteiger partial charge in [0.25, 0.3) is 11.7 Å². The van der Waals surface area contributed by atoms with Crippen molar-refractivity contribution in [2.45, 2.75) is 13.8 Å². The first kappa shape index (κ1) is 13.2. The molecular weight excluding hydrogens is 253 g/mol. The van der Waals surface area contributed by atoms with Crippen molar-refractivity contribution < 1.29 is 23.5 Å². The Morgan fingerprint density at radius 3 is 2.68 bits per heavy atom. The molecular formula is C13H12FNO4. The van der Waals surface area contributed by atoms with Gasteiger partial charge in [0.05, 0.1) is 17.9 Å². The summed E-state index contributed by atoms with van der Waals surface area (Å²) < 4.78 is 18.0. The van der Waals surface area contributed by atoms with Crippen molar-refractivity contribution >= 4 is 23.3 Å². The number of carbonyl (C=O) groups excluding carboxylic acids is 3. The van der Waals surface area contributed by atoms with Gasteiger partial charge in [-0.15, -0.1) is 0 Å². The minimum atomic E-state index is -0.836. The molecule has 0 radical (unpaired) electrons. The van der Waals surface area contributed by atoms with E-state index >= 15 is 0 Å². The fraction of sp³-hybridized carbons (Fsp3) is 0.308. The summed E-state index contributed by atoms with van der Waals surface area (Å²) >= 11 is 0. The quantitative estimate of drug-likeness (QED) is 0.609. The van der Waals surface area contributed by atoms with Crippen LogP contribution in [0.4, 0.5) is 10.1 Å². The number of Topliss-reactive ketones (excluding diaryl/α,β-unsaturated/α-hetero) is 1. The number of halogens is 1. The number of hydrogen-bond donors (Lipinski definition) is 0. The van der Waals surface area contributed by atoms with Crippen LogP contribution in [0, 0.1) is 12.7 Å². The van der Waals surface area contributed by atoms with E-state index in [9.17, 15) is 18.8 Å². The van der Waals surface area contributed by atoms with Gasteiger partial charge in [0.1, 0.15) is 12.4 Å². The van der Waals surface area contributed by atoms with Crippen molar-refractivity contribution in [2.75, 3.05) is 18.1 Å². The van der Waals surface area contributed by atoms with Gasteiger partial charge in [-0.1, -0.05) is 0 Å². The maximum absolute atomic E-state index is 13.3. The third-order valence-corrected chi connectivity index (χ3v) is 2.81. The molecule has 100 valence electrons. The van der Waals surface area contributed by atoms with Gasteiger partial charge >= 0.3 is 5.97 Å². The lowest BCUT2D eigenvalue weighted by Crippen LogP contribution is -2.35. The summed E-state index contributed by atoms with van der Waals surface area (Å²) in [5, 5.41) is 0. The molecule has 1 aliphatic heterocycles. The van der Waals surface area contributed by atoms with Gasteiger partial charge in [-0.25, -0.2) is 4.39 Å². The molecule has 0 bridgehead atoms. The summed E-state index contributed by atoms with van der Waals surface area (Å²) in [4.78, 5) is 36.0. The molecule has 1 heterocycles. The summed E-state index contributed by atoms with van der Waals surface area (Å²) in [6.45, 7) is 3.05. The van der Waals surface area contributed by atoms with E-state index in [4.69, 9.17) is 4.74 Å². The molecule has 0 spiro atoms. The zero-order valence-corrected chi connectivity index (χ0v) is 10.5. The first-order valence-corrected chi connectivity index (χ1v) is 5.77. The number of nitrogens with zero attached hydrogens (tertiary/aromatic N) is 1. The maximum atomic E-state index is 13.3. The third-order valence-electron chi connectivity index (χ3n) is 2.81. The number of ether oxygens (including phenoxy) is 1. The largest absolute Gasteiger partial charge is 0.465 e. The zero-order valence-electron chi connectivity index (χ0n) is 10.5. The molecule has 0 unspecified atom stereocenters. The van der Waals surface area contributed by atoms with E-state index in [0.29, 0.717) is 5.56 Å². The van der Waals surface area contributed by atoms with Crippen molar-refractivity contribution in [3.63, 3.8) is 0 Å². The molecule has 1 amide bonds. The Labute approximate surface area is 109 Å². The van der Waals surface area contributed by atoms with Crippen LogP contribution in [0.1, 0.15) is 22.8 Å². The molecule has 1 aromatic rings. The van der Waals surface area contributed by atoms with Crippen LogP contribution in [0.2, 0.25) is 0 Å². The van der Waals surface area contributed by atoms with E-state index in [1.165, 1.54) is 6.07 Å². The van der Waals surface area contributed by atoms with E-state index in [0.717, 1.165) is 11.0 Å². The number of carbonyl (C=O) groups is 3. The molecule has 0 saturated carbocycles. The molecule has 5 nitrogen and oxygen atoms in total. The molecule has 1 aliphatic rings. The van der Waals surface area contributed by atoms with E-state index in [1.54, 1.807) is 13.8 Å². The van der Waals surface area contributed by atoms with Crippen LogP contribution in [-0.2, 0) is 14.3 Å². The number of benzene rings is 1. The minimum Gasteiger partial charge on any atom is -0.465 e. The summed E-state index contributed by atoms with van der Waals surface area (Å²) in [5.41, 5.74) is 0.703. The first-order valence-electron chi connectivity index (χ1n) is 5.77. The topological polar surface area (TPSA) is 63.7 Å². The average Bonchev–Trinajstić information content (AvgIpc) is 2.55. The van der Waals surface area contributed by atoms with Crippen LogP contribution >= 0.6 is 0 Å². The fourth-order valence-corrected chi connectivity index (χ4v) is 2.09. The SMILES string of the molecule is CCOC(=O)CN1C(=O)C(=O)c2cc(F)cc(C)c21. The number of aryl methyl sites for hydroxylation is 1. The number of fused-ring (bicyclic) bond motifs is 1. The van der Waals surface area contributed by atoms with Crippen molar-refractivity contribution in [1.29, 1.82) is 0 Å². The summed E-state index contributed by atoms with van der Waals surface area (Å²) in [6, 6.07) is 2.22. The Morgan fingerprint density at radius 1 is 1.37 bits per heavy atom. The molecule has 0 fully saturated rings. The highest BCUT2D eigenvalue weighted by Gasteiger charge is 2.38. The monoisotopic (exact) mass is 265 g/mol. The van der Waals surface area contributed by atoms with Gasteiger partial charge in [-0.3, -0.25) is 19.3 Å². The molecule has 0 aromatic heterocycles. The van der Waals surface area contributed by atoms with Gasteiger partial charge in [0.15, 0.2) is 0 Å². The van der Waals surface area contributed by atoms with Gasteiger partial charge in [0, 0.05) is 0 Å². The second-order valence-corrected chi connectivity index (χ2v) is 4.14. The van der Waals surface area contributed by atoms with Crippen molar-refractivity contribution in [2.24, 2.45) is 0 Å². The van der Waals surface area contributed by atoms with Crippen molar-refractivity contribution in [1.82, 2.24) is 0 Å². The Kier molecular flexibility index (Phi) is 3.33. The van der Waals surface area contributed by atoms with E-state index < -0.39 is 23.5 Å².